The van der Waals surface area contributed by atoms with Crippen LogP contribution in [-0.4, -0.2) is 132 Å². The number of hydrogen-bond donors (Lipinski definition) is 3. The summed E-state index contributed by atoms with van der Waals surface area (Å²) in [5, 5.41) is 50.4. The van der Waals surface area contributed by atoms with Crippen molar-refractivity contribution in [3.05, 3.63) is 52.8 Å². The van der Waals surface area contributed by atoms with E-state index in [1.54, 1.807) is 12.4 Å². The number of fused-ring (bicyclic) bond motifs is 2. The molecular formula is C56H80N12O10. The minimum Gasteiger partial charge on any atom is -0.484 e. The third-order valence-corrected chi connectivity index (χ3v) is 12.7. The summed E-state index contributed by atoms with van der Waals surface area (Å²) in [6, 6.07) is 11.0. The van der Waals surface area contributed by atoms with Crippen molar-refractivity contribution in [2.24, 2.45) is 30.6 Å². The van der Waals surface area contributed by atoms with Gasteiger partial charge in [0.25, 0.3) is 0 Å². The van der Waals surface area contributed by atoms with Crippen LogP contribution in [0.4, 0.5) is 5.95 Å². The Labute approximate surface area is 458 Å². The Hall–Kier alpha value is -7.57. The van der Waals surface area contributed by atoms with Gasteiger partial charge >= 0.3 is 23.9 Å². The van der Waals surface area contributed by atoms with Crippen molar-refractivity contribution in [2.75, 3.05) is 40.3 Å². The first-order valence-corrected chi connectivity index (χ1v) is 27.0. The largest absolute Gasteiger partial charge is 0.484 e. The van der Waals surface area contributed by atoms with Crippen molar-refractivity contribution < 1.29 is 48.0 Å². The van der Waals surface area contributed by atoms with E-state index in [1.807, 2.05) is 23.4 Å². The number of aliphatic carboxylic acids is 1. The predicted molar refractivity (Wildman–Crippen MR) is 300 cm³/mol. The zero-order valence-corrected chi connectivity index (χ0v) is 46.1. The van der Waals surface area contributed by atoms with Crippen molar-refractivity contribution in [1.29, 1.82) is 10.7 Å². The molecule has 0 atom stereocenters. The Morgan fingerprint density at radius 3 is 1.59 bits per heavy atom. The molecule has 5 aliphatic rings. The van der Waals surface area contributed by atoms with E-state index in [0.717, 1.165) is 157 Å². The SMILES string of the molecule is COC(=N)CCCCC(=O)OC.COC(=O)CCCCC#N.COC(=O)CCCCC1=NN=CC1.O=C(CCCCC1=NN=CC1)N1CCc2nc(NC3Cc4ccccc4C3)ncc2C1.O=C(O)CCCCC1=NN=CC1. The third-order valence-electron chi connectivity index (χ3n) is 12.7. The minimum absolute atomic E-state index is 0.135. The van der Waals surface area contributed by atoms with Crippen LogP contribution in [0.1, 0.15) is 170 Å². The van der Waals surface area contributed by atoms with Gasteiger partial charge in [0.1, 0.15) is 0 Å². The van der Waals surface area contributed by atoms with Crippen LogP contribution in [0, 0.1) is 16.7 Å². The number of carbonyl (C=O) groups excluding carboxylic acids is 4. The Kier molecular flexibility index (Phi) is 33.0. The van der Waals surface area contributed by atoms with Crippen molar-refractivity contribution >= 4 is 77.4 Å². The number of methoxy groups -OCH3 is 4. The fourth-order valence-electron chi connectivity index (χ4n) is 8.23. The number of carboxylic acids is 1. The molecule has 0 unspecified atom stereocenters. The lowest BCUT2D eigenvalue weighted by Gasteiger charge is -2.28. The van der Waals surface area contributed by atoms with Crippen LogP contribution < -0.4 is 5.32 Å². The summed E-state index contributed by atoms with van der Waals surface area (Å²) in [6.07, 6.45) is 27.2. The average molecular weight is 1080 g/mol. The maximum atomic E-state index is 12.6. The second kappa shape index (κ2) is 39.8. The van der Waals surface area contributed by atoms with E-state index in [1.165, 1.54) is 39.6 Å². The van der Waals surface area contributed by atoms with Gasteiger partial charge in [0.2, 0.25) is 11.9 Å². The van der Waals surface area contributed by atoms with Crippen molar-refractivity contribution in [2.45, 2.75) is 180 Å². The number of hydrogen-bond acceptors (Lipinski definition) is 20. The van der Waals surface area contributed by atoms with E-state index < -0.39 is 5.97 Å². The third kappa shape index (κ3) is 28.5. The first-order chi connectivity index (χ1) is 37.9. The first kappa shape index (κ1) is 64.7. The molecule has 7 rings (SSSR count). The number of rotatable bonds is 26. The first-order valence-electron chi connectivity index (χ1n) is 27.0. The molecule has 0 bridgehead atoms. The number of unbranched alkanes of at least 4 members (excludes halogenated alkanes) is 6. The van der Waals surface area contributed by atoms with Gasteiger partial charge in [-0.3, -0.25) is 29.4 Å². The normalized spacial score (nSPS) is 14.1. The van der Waals surface area contributed by atoms with E-state index in [0.29, 0.717) is 57.1 Å². The Morgan fingerprint density at radius 2 is 1.13 bits per heavy atom. The van der Waals surface area contributed by atoms with Crippen LogP contribution in [0.25, 0.3) is 0 Å². The van der Waals surface area contributed by atoms with Gasteiger partial charge in [-0.05, 0) is 107 Å². The summed E-state index contributed by atoms with van der Waals surface area (Å²) in [5.41, 5.74) is 8.27. The smallest absolute Gasteiger partial charge is 0.305 e. The number of aromatic nitrogens is 2. The van der Waals surface area contributed by atoms with Crippen molar-refractivity contribution in [3.63, 3.8) is 0 Å². The molecule has 1 amide bonds. The summed E-state index contributed by atoms with van der Waals surface area (Å²) in [5.74, 6) is -0.0581. The standard InChI is InChI=1S/C24H28N6O.C9H14N2O2.C8H12N2O2.C8H15NO3.C7H11NO2/c31-23(8-4-3-7-20-9-11-26-29-20)30-12-10-22-19(16-30)15-25-24(28-22)27-21-13-17-5-1-2-6-18(17)14-21;1-13-9(12)5-3-2-4-8-6-7-10-11-8;11-8(12)4-2-1-3-7-5-6-9-10-7;1-11-7(9)5-3-4-6-8(10)12-2;1-10-7(9)5-3-2-4-6-8/h1-2,5-6,11,15,21H,3-4,7-10,12-14,16H2,(H,25,27,28);7H,2-6H2,1H3;6H,1-5H2,(H,11,12);9H,3-6H2,1-2H3;2-5H2,1H3. The number of carboxylic acid groups (broad SMARTS) is 1. The molecule has 424 valence electrons. The lowest BCUT2D eigenvalue weighted by molar-refractivity contribution is -0.141. The number of nitriles is 1. The topological polar surface area (TPSA) is 305 Å². The molecule has 22 nitrogen and oxygen atoms in total. The van der Waals surface area contributed by atoms with Crippen LogP contribution in [0.2, 0.25) is 0 Å². The number of nitrogens with one attached hydrogen (secondary N) is 2. The predicted octanol–water partition coefficient (Wildman–Crippen LogP) is 8.93. The van der Waals surface area contributed by atoms with E-state index in [2.05, 4.69) is 84.1 Å². The molecule has 0 fully saturated rings. The molecule has 4 aliphatic heterocycles. The van der Waals surface area contributed by atoms with E-state index in [-0.39, 0.29) is 36.1 Å². The van der Waals surface area contributed by atoms with Gasteiger partial charge in [0.05, 0.1) is 40.2 Å². The van der Waals surface area contributed by atoms with Crippen LogP contribution in [0.15, 0.2) is 61.1 Å². The summed E-state index contributed by atoms with van der Waals surface area (Å²) < 4.78 is 18.0. The summed E-state index contributed by atoms with van der Waals surface area (Å²) in [7, 11) is 5.63. The Bertz CT molecular complexity index is 2410. The Balaban J connectivity index is 0.000000285. The van der Waals surface area contributed by atoms with E-state index in [4.69, 9.17) is 20.8 Å². The van der Waals surface area contributed by atoms with Gasteiger partial charge in [-0.25, -0.2) is 9.97 Å². The van der Waals surface area contributed by atoms with Gasteiger partial charge in [0, 0.05) is 137 Å². The molecule has 1 aromatic heterocycles. The maximum absolute atomic E-state index is 12.6. The number of amides is 1. The zero-order valence-electron chi connectivity index (χ0n) is 46.1. The summed E-state index contributed by atoms with van der Waals surface area (Å²) in [6.45, 7) is 1.35. The molecule has 0 radical (unpaired) electrons. The second-order valence-electron chi connectivity index (χ2n) is 18.7. The van der Waals surface area contributed by atoms with E-state index >= 15 is 0 Å². The van der Waals surface area contributed by atoms with Gasteiger partial charge in [-0.2, -0.15) is 35.9 Å². The molecule has 3 N–H and O–H groups in total. The van der Waals surface area contributed by atoms with Crippen LogP contribution in [0.5, 0.6) is 0 Å². The van der Waals surface area contributed by atoms with Crippen LogP contribution >= 0.6 is 0 Å². The van der Waals surface area contributed by atoms with Crippen LogP contribution in [0.3, 0.4) is 0 Å². The fourth-order valence-corrected chi connectivity index (χ4v) is 8.23. The van der Waals surface area contributed by atoms with Crippen LogP contribution in [-0.2, 0) is 68.7 Å². The van der Waals surface area contributed by atoms with Gasteiger partial charge in [-0.15, -0.1) is 0 Å². The summed E-state index contributed by atoms with van der Waals surface area (Å²) in [4.78, 5) is 65.8. The zero-order chi connectivity index (χ0) is 56.6. The van der Waals surface area contributed by atoms with Gasteiger partial charge in [-0.1, -0.05) is 24.3 Å². The number of esters is 3. The quantitative estimate of drug-likeness (QED) is 0.0260. The maximum Gasteiger partial charge on any atom is 0.305 e. The number of ether oxygens (including phenoxy) is 4. The van der Waals surface area contributed by atoms with Crippen molar-refractivity contribution in [3.8, 4) is 6.07 Å². The molecule has 0 saturated carbocycles. The Morgan fingerprint density at radius 1 is 0.654 bits per heavy atom. The van der Waals surface area contributed by atoms with Gasteiger partial charge in [0.15, 0.2) is 5.90 Å². The lowest BCUT2D eigenvalue weighted by atomic mass is 10.1. The number of nitrogens with zero attached hydrogens (tertiary/aromatic N) is 10. The summed E-state index contributed by atoms with van der Waals surface area (Å²) >= 11 is 0. The lowest BCUT2D eigenvalue weighted by Crippen LogP contribution is -2.36. The minimum atomic E-state index is -0.723. The molecular weight excluding hydrogens is 1000 g/mol. The highest BCUT2D eigenvalue weighted by Gasteiger charge is 2.25. The average Bonchev–Trinajstić information content (AvgIpc) is 4.33. The van der Waals surface area contributed by atoms with Gasteiger partial charge < -0.3 is 34.3 Å². The highest BCUT2D eigenvalue weighted by molar-refractivity contribution is 5.99. The molecule has 1 aromatic carbocycles. The second-order valence-corrected chi connectivity index (χ2v) is 18.7. The number of benzene rings is 1. The monoisotopic (exact) mass is 1080 g/mol. The molecule has 5 heterocycles. The molecule has 0 saturated heterocycles. The highest BCUT2D eigenvalue weighted by Crippen LogP contribution is 2.25. The molecule has 1 aliphatic carbocycles. The van der Waals surface area contributed by atoms with Crippen molar-refractivity contribution in [1.82, 2.24) is 14.9 Å². The highest BCUT2D eigenvalue weighted by atomic mass is 16.5. The molecule has 22 heteroatoms. The fraction of sp³-hybridized carbons (Fsp3) is 0.589. The number of carbonyl (C=O) groups is 5. The molecule has 0 spiro atoms. The molecule has 78 heavy (non-hydrogen) atoms. The number of anilines is 1. The molecule has 2 aromatic rings. The van der Waals surface area contributed by atoms with E-state index in [9.17, 15) is 24.0 Å².